The topological polar surface area (TPSA) is 83.1 Å². The molecule has 3 amide bonds. The number of nitrogens with zero attached hydrogens (tertiary/aromatic N) is 4. The van der Waals surface area contributed by atoms with Gasteiger partial charge in [-0.15, -0.1) is 0 Å². The van der Waals surface area contributed by atoms with Crippen molar-refractivity contribution in [1.82, 2.24) is 19.7 Å². The molecule has 0 radical (unpaired) electrons. The summed E-state index contributed by atoms with van der Waals surface area (Å²) in [5, 5.41) is 0. The van der Waals surface area contributed by atoms with Gasteiger partial charge in [-0.05, 0) is 45.2 Å². The Labute approximate surface area is 171 Å². The average Bonchev–Trinajstić information content (AvgIpc) is 2.66. The summed E-state index contributed by atoms with van der Waals surface area (Å²) in [5.74, 6) is -0.140. The number of carbonyl (C=O) groups is 3. The Morgan fingerprint density at radius 3 is 2.45 bits per heavy atom. The summed E-state index contributed by atoms with van der Waals surface area (Å²) < 4.78 is 5.47. The lowest BCUT2D eigenvalue weighted by atomic mass is 9.62. The molecular weight excluding hydrogens is 372 g/mol. The molecule has 1 aromatic rings. The fraction of sp³-hybridized carbons (Fsp3) is 0.619. The molecule has 0 saturated carbocycles. The summed E-state index contributed by atoms with van der Waals surface area (Å²) in [6.45, 7) is 6.46. The lowest BCUT2D eigenvalue weighted by Gasteiger charge is -2.58. The number of hydrogen-bond donors (Lipinski definition) is 0. The highest BCUT2D eigenvalue weighted by molar-refractivity contribution is 5.94. The van der Waals surface area contributed by atoms with Gasteiger partial charge >= 0.3 is 6.09 Å². The molecule has 29 heavy (non-hydrogen) atoms. The van der Waals surface area contributed by atoms with Crippen LogP contribution in [0.3, 0.4) is 0 Å². The van der Waals surface area contributed by atoms with Crippen LogP contribution in [0, 0.1) is 5.41 Å². The number of ether oxygens (including phenoxy) is 1. The molecule has 0 aromatic carbocycles. The maximum Gasteiger partial charge on any atom is 0.410 e. The molecule has 1 spiro atoms. The number of likely N-dealkylation sites (N-methyl/N-ethyl adjacent to an activating group) is 1. The Kier molecular flexibility index (Phi) is 5.56. The molecule has 8 nitrogen and oxygen atoms in total. The van der Waals surface area contributed by atoms with Crippen molar-refractivity contribution in [2.24, 2.45) is 5.41 Å². The summed E-state index contributed by atoms with van der Waals surface area (Å²) in [6.07, 6.45) is 4.18. The van der Waals surface area contributed by atoms with Crippen LogP contribution in [-0.2, 0) is 14.3 Å². The number of piperidine rings is 1. The zero-order valence-electron chi connectivity index (χ0n) is 17.8. The number of aromatic nitrogens is 1. The monoisotopic (exact) mass is 402 g/mol. The van der Waals surface area contributed by atoms with Gasteiger partial charge in [0, 0.05) is 39.6 Å². The van der Waals surface area contributed by atoms with Crippen LogP contribution < -0.4 is 0 Å². The molecule has 1 atom stereocenters. The van der Waals surface area contributed by atoms with Crippen molar-refractivity contribution in [3.05, 3.63) is 30.1 Å². The lowest BCUT2D eigenvalue weighted by Crippen LogP contribution is -2.67. The van der Waals surface area contributed by atoms with Gasteiger partial charge in [-0.25, -0.2) is 4.79 Å². The molecule has 0 N–H and O–H groups in total. The van der Waals surface area contributed by atoms with Crippen LogP contribution in [-0.4, -0.2) is 76.9 Å². The van der Waals surface area contributed by atoms with Crippen molar-refractivity contribution in [2.75, 3.05) is 33.7 Å². The Balaban J connectivity index is 1.78. The van der Waals surface area contributed by atoms with E-state index in [4.69, 9.17) is 4.74 Å². The Bertz CT molecular complexity index is 780. The van der Waals surface area contributed by atoms with E-state index in [-0.39, 0.29) is 30.5 Å². The predicted octanol–water partition coefficient (Wildman–Crippen LogP) is 2.07. The van der Waals surface area contributed by atoms with Gasteiger partial charge in [0.25, 0.3) is 0 Å². The van der Waals surface area contributed by atoms with Crippen LogP contribution >= 0.6 is 0 Å². The van der Waals surface area contributed by atoms with Gasteiger partial charge in [0.15, 0.2) is 0 Å². The summed E-state index contributed by atoms with van der Waals surface area (Å²) >= 11 is 0. The second kappa shape index (κ2) is 7.65. The van der Waals surface area contributed by atoms with E-state index in [1.54, 1.807) is 36.3 Å². The minimum absolute atomic E-state index is 0.0228. The summed E-state index contributed by atoms with van der Waals surface area (Å²) in [4.78, 5) is 46.8. The van der Waals surface area contributed by atoms with Crippen molar-refractivity contribution in [3.8, 4) is 0 Å². The first-order valence-corrected chi connectivity index (χ1v) is 9.94. The Morgan fingerprint density at radius 1 is 1.28 bits per heavy atom. The zero-order chi connectivity index (χ0) is 21.4. The van der Waals surface area contributed by atoms with Gasteiger partial charge in [0.2, 0.25) is 11.8 Å². The summed E-state index contributed by atoms with van der Waals surface area (Å²) in [5.41, 5.74) is -0.238. The lowest BCUT2D eigenvalue weighted by molar-refractivity contribution is -0.182. The minimum Gasteiger partial charge on any atom is -0.444 e. The minimum atomic E-state index is -0.603. The number of amides is 3. The molecule has 2 saturated heterocycles. The van der Waals surface area contributed by atoms with Crippen LogP contribution in [0.4, 0.5) is 4.79 Å². The average molecular weight is 402 g/mol. The Morgan fingerprint density at radius 2 is 1.93 bits per heavy atom. The van der Waals surface area contributed by atoms with E-state index in [1.165, 1.54) is 4.90 Å². The predicted molar refractivity (Wildman–Crippen MR) is 107 cm³/mol. The van der Waals surface area contributed by atoms with Gasteiger partial charge in [-0.3, -0.25) is 14.6 Å². The largest absolute Gasteiger partial charge is 0.444 e. The smallest absolute Gasteiger partial charge is 0.410 e. The Hall–Kier alpha value is -2.64. The summed E-state index contributed by atoms with van der Waals surface area (Å²) in [6, 6.07) is 3.57. The maximum absolute atomic E-state index is 13.2. The molecule has 1 aromatic heterocycles. The first-order chi connectivity index (χ1) is 13.5. The highest BCUT2D eigenvalue weighted by Crippen LogP contribution is 2.55. The van der Waals surface area contributed by atoms with Gasteiger partial charge in [0.05, 0.1) is 11.5 Å². The third-order valence-corrected chi connectivity index (χ3v) is 5.63. The van der Waals surface area contributed by atoms with E-state index < -0.39 is 11.0 Å². The van der Waals surface area contributed by atoms with Crippen LogP contribution in [0.2, 0.25) is 0 Å². The SMILES string of the molecule is CN(C)C(=O)CN1C(=O)C2(CCN(C(=O)OC(C)(C)C)CC2)C1c1cccnc1. The molecule has 0 aliphatic carbocycles. The van der Waals surface area contributed by atoms with E-state index in [0.717, 1.165) is 5.56 Å². The van der Waals surface area contributed by atoms with Crippen LogP contribution in [0.1, 0.15) is 45.2 Å². The fourth-order valence-electron chi connectivity index (χ4n) is 4.14. The second-order valence-electron chi connectivity index (χ2n) is 9.03. The highest BCUT2D eigenvalue weighted by atomic mass is 16.6. The van der Waals surface area contributed by atoms with Crippen molar-refractivity contribution < 1.29 is 19.1 Å². The zero-order valence-corrected chi connectivity index (χ0v) is 17.8. The maximum atomic E-state index is 13.2. The molecule has 158 valence electrons. The molecule has 1 unspecified atom stereocenters. The van der Waals surface area contributed by atoms with E-state index in [2.05, 4.69) is 4.98 Å². The van der Waals surface area contributed by atoms with E-state index in [0.29, 0.717) is 25.9 Å². The number of pyridine rings is 1. The normalized spacial score (nSPS) is 21.0. The number of likely N-dealkylation sites (tertiary alicyclic amines) is 2. The van der Waals surface area contributed by atoms with Crippen LogP contribution in [0.25, 0.3) is 0 Å². The molecule has 2 aliphatic heterocycles. The van der Waals surface area contributed by atoms with Crippen molar-refractivity contribution in [2.45, 2.75) is 45.3 Å². The molecular formula is C21H30N4O4. The second-order valence-corrected chi connectivity index (χ2v) is 9.03. The van der Waals surface area contributed by atoms with Gasteiger partial charge in [-0.1, -0.05) is 6.07 Å². The molecule has 0 bridgehead atoms. The van der Waals surface area contributed by atoms with Crippen molar-refractivity contribution >= 4 is 17.9 Å². The third kappa shape index (κ3) is 4.06. The molecule has 3 heterocycles. The van der Waals surface area contributed by atoms with Gasteiger partial charge < -0.3 is 19.4 Å². The first kappa shape index (κ1) is 21.1. The van der Waals surface area contributed by atoms with Gasteiger partial charge in [0.1, 0.15) is 12.1 Å². The van der Waals surface area contributed by atoms with E-state index in [9.17, 15) is 14.4 Å². The van der Waals surface area contributed by atoms with E-state index in [1.807, 2.05) is 32.9 Å². The molecule has 8 heteroatoms. The highest BCUT2D eigenvalue weighted by Gasteiger charge is 2.62. The fourth-order valence-corrected chi connectivity index (χ4v) is 4.14. The van der Waals surface area contributed by atoms with Gasteiger partial charge in [-0.2, -0.15) is 0 Å². The van der Waals surface area contributed by atoms with Crippen molar-refractivity contribution in [1.29, 1.82) is 0 Å². The van der Waals surface area contributed by atoms with Crippen LogP contribution in [0.5, 0.6) is 0 Å². The summed E-state index contributed by atoms with van der Waals surface area (Å²) in [7, 11) is 3.36. The molecule has 3 rings (SSSR count). The number of carbonyl (C=O) groups excluding carboxylic acids is 3. The third-order valence-electron chi connectivity index (χ3n) is 5.63. The number of rotatable bonds is 3. The van der Waals surface area contributed by atoms with Crippen LogP contribution in [0.15, 0.2) is 24.5 Å². The number of β-lactam (4-membered cyclic amide) rings is 1. The molecule has 2 fully saturated rings. The first-order valence-electron chi connectivity index (χ1n) is 9.94. The molecule has 2 aliphatic rings. The quantitative estimate of drug-likeness (QED) is 0.723. The standard InChI is InChI=1S/C21H30N4O4/c1-20(2,3)29-19(28)24-11-8-21(9-12-24)17(15-7-6-10-22-13-15)25(18(21)27)14-16(26)23(4)5/h6-7,10,13,17H,8-9,11-12,14H2,1-5H3. The van der Waals surface area contributed by atoms with E-state index >= 15 is 0 Å². The number of hydrogen-bond acceptors (Lipinski definition) is 5. The van der Waals surface area contributed by atoms with Crippen molar-refractivity contribution in [3.63, 3.8) is 0 Å².